The number of alkyl halides is 3. The molecule has 33 heavy (non-hydrogen) atoms. The lowest BCUT2D eigenvalue weighted by Crippen LogP contribution is -2.18. The van der Waals surface area contributed by atoms with Crippen LogP contribution in [0.15, 0.2) is 47.4 Å². The van der Waals surface area contributed by atoms with Crippen molar-refractivity contribution in [3.63, 3.8) is 0 Å². The first kappa shape index (κ1) is 25.0. The standard InChI is InChI=1S/C22H21F3IN3O3S/c1-3-32-21-13-16(33(2,30)31)9-10-19(21)27-11-5-6-15-12-17-18(28-26)7-4-8-20(17)29(15)14-22(23,24)25/h4,7-10,12-13,27-28H,3,11,14H2,1-2H3. The Hall–Kier alpha value is -2.59. The molecule has 0 atom stereocenters. The molecule has 0 fully saturated rings. The quantitative estimate of drug-likeness (QED) is 0.224. The zero-order valence-corrected chi connectivity index (χ0v) is 20.7. The highest BCUT2D eigenvalue weighted by molar-refractivity contribution is 14.1. The van der Waals surface area contributed by atoms with Crippen molar-refractivity contribution >= 4 is 55.0 Å². The number of benzene rings is 2. The third kappa shape index (κ3) is 6.26. The summed E-state index contributed by atoms with van der Waals surface area (Å²) in [5, 5.41) is 3.67. The average Bonchev–Trinajstić information content (AvgIpc) is 3.07. The number of sulfone groups is 1. The molecule has 0 amide bonds. The molecule has 0 saturated heterocycles. The molecule has 6 nitrogen and oxygen atoms in total. The van der Waals surface area contributed by atoms with Crippen molar-refractivity contribution in [1.29, 1.82) is 0 Å². The van der Waals surface area contributed by atoms with Crippen molar-refractivity contribution in [1.82, 2.24) is 4.57 Å². The summed E-state index contributed by atoms with van der Waals surface area (Å²) in [6.07, 6.45) is -3.29. The van der Waals surface area contributed by atoms with E-state index in [0.717, 1.165) is 10.8 Å². The number of fused-ring (bicyclic) bond motifs is 1. The van der Waals surface area contributed by atoms with Gasteiger partial charge in [-0.05, 0) is 43.2 Å². The predicted molar refractivity (Wildman–Crippen MR) is 132 cm³/mol. The Morgan fingerprint density at radius 2 is 1.91 bits per heavy atom. The minimum absolute atomic E-state index is 0.114. The SMILES string of the molecule is CCOc1cc(S(C)(=O)=O)ccc1NCC#Cc1cc2c(NI)cccc2n1CC(F)(F)F. The Bertz CT molecular complexity index is 1330. The number of aromatic nitrogens is 1. The molecule has 0 aliphatic carbocycles. The van der Waals surface area contributed by atoms with Gasteiger partial charge in [0.25, 0.3) is 0 Å². The summed E-state index contributed by atoms with van der Waals surface area (Å²) in [7, 11) is -3.40. The van der Waals surface area contributed by atoms with Gasteiger partial charge in [-0.3, -0.25) is 0 Å². The molecule has 0 aliphatic rings. The first-order valence-electron chi connectivity index (χ1n) is 9.79. The van der Waals surface area contributed by atoms with E-state index in [2.05, 4.69) is 20.7 Å². The Balaban J connectivity index is 1.89. The topological polar surface area (TPSA) is 72.4 Å². The Morgan fingerprint density at radius 1 is 1.15 bits per heavy atom. The molecular formula is C22H21F3IN3O3S. The molecule has 176 valence electrons. The van der Waals surface area contributed by atoms with E-state index in [0.29, 0.717) is 34.6 Å². The number of anilines is 2. The zero-order valence-electron chi connectivity index (χ0n) is 17.8. The Labute approximate surface area is 203 Å². The van der Waals surface area contributed by atoms with Crippen molar-refractivity contribution in [3.05, 3.63) is 48.2 Å². The van der Waals surface area contributed by atoms with Gasteiger partial charge in [-0.1, -0.05) is 12.0 Å². The van der Waals surface area contributed by atoms with Crippen LogP contribution in [0.2, 0.25) is 0 Å². The third-order valence-corrected chi connectivity index (χ3v) is 6.34. The maximum atomic E-state index is 13.2. The second-order valence-electron chi connectivity index (χ2n) is 7.08. The van der Waals surface area contributed by atoms with E-state index >= 15 is 0 Å². The van der Waals surface area contributed by atoms with Gasteiger partial charge in [0.2, 0.25) is 0 Å². The van der Waals surface area contributed by atoms with Gasteiger partial charge in [0.05, 0.1) is 63.5 Å². The summed E-state index contributed by atoms with van der Waals surface area (Å²) in [4.78, 5) is 0.124. The molecule has 0 bridgehead atoms. The second kappa shape index (κ2) is 10.1. The first-order valence-corrected chi connectivity index (χ1v) is 12.8. The highest BCUT2D eigenvalue weighted by atomic mass is 127. The van der Waals surface area contributed by atoms with Crippen molar-refractivity contribution in [2.24, 2.45) is 0 Å². The fraction of sp³-hybridized carbons (Fsp3) is 0.273. The molecule has 1 heterocycles. The molecule has 0 radical (unpaired) electrons. The summed E-state index contributed by atoms with van der Waals surface area (Å²) in [5.41, 5.74) is 1.90. The van der Waals surface area contributed by atoms with Crippen molar-refractivity contribution in [2.75, 3.05) is 28.3 Å². The van der Waals surface area contributed by atoms with Crippen LogP contribution in [-0.4, -0.2) is 38.6 Å². The number of hydrogen-bond donors (Lipinski definition) is 2. The van der Waals surface area contributed by atoms with Crippen LogP contribution in [0.3, 0.4) is 0 Å². The molecule has 2 N–H and O–H groups in total. The summed E-state index contributed by atoms with van der Waals surface area (Å²) in [6, 6.07) is 11.2. The lowest BCUT2D eigenvalue weighted by atomic mass is 10.2. The molecular weight excluding hydrogens is 570 g/mol. The molecule has 3 aromatic rings. The van der Waals surface area contributed by atoms with Crippen LogP contribution in [0.4, 0.5) is 24.5 Å². The van der Waals surface area contributed by atoms with Gasteiger partial charge in [-0.25, -0.2) is 8.42 Å². The Kier molecular flexibility index (Phi) is 7.69. The van der Waals surface area contributed by atoms with Crippen LogP contribution in [-0.2, 0) is 16.4 Å². The number of ether oxygens (including phenoxy) is 1. The highest BCUT2D eigenvalue weighted by Crippen LogP contribution is 2.31. The van der Waals surface area contributed by atoms with E-state index in [1.165, 1.54) is 12.1 Å². The molecule has 0 unspecified atom stereocenters. The number of hydrogen-bond acceptors (Lipinski definition) is 5. The van der Waals surface area contributed by atoms with Crippen LogP contribution in [0.1, 0.15) is 12.6 Å². The first-order chi connectivity index (χ1) is 15.5. The fourth-order valence-electron chi connectivity index (χ4n) is 3.25. The molecule has 3 rings (SSSR count). The van der Waals surface area contributed by atoms with E-state index in [1.54, 1.807) is 37.3 Å². The van der Waals surface area contributed by atoms with E-state index in [4.69, 9.17) is 4.74 Å². The number of rotatable bonds is 7. The maximum Gasteiger partial charge on any atom is 0.406 e. The average molecular weight is 591 g/mol. The predicted octanol–water partition coefficient (Wildman–Crippen LogP) is 5.23. The minimum Gasteiger partial charge on any atom is -0.492 e. The van der Waals surface area contributed by atoms with Crippen molar-refractivity contribution < 1.29 is 26.3 Å². The normalized spacial score (nSPS) is 11.7. The van der Waals surface area contributed by atoms with Gasteiger partial charge in [-0.2, -0.15) is 13.2 Å². The van der Waals surface area contributed by atoms with E-state index < -0.39 is 22.6 Å². The monoisotopic (exact) mass is 591 g/mol. The molecule has 1 aromatic heterocycles. The summed E-state index contributed by atoms with van der Waals surface area (Å²) < 4.78 is 72.8. The minimum atomic E-state index is -4.40. The van der Waals surface area contributed by atoms with Gasteiger partial charge >= 0.3 is 6.18 Å². The molecule has 11 heteroatoms. The van der Waals surface area contributed by atoms with Crippen molar-refractivity contribution in [2.45, 2.75) is 24.5 Å². The number of nitrogens with zero attached hydrogens (tertiary/aromatic N) is 1. The molecule has 2 aromatic carbocycles. The summed E-state index contributed by atoms with van der Waals surface area (Å²) in [5.74, 6) is 6.01. The van der Waals surface area contributed by atoms with Crippen LogP contribution >= 0.6 is 22.9 Å². The Morgan fingerprint density at radius 3 is 2.55 bits per heavy atom. The number of halogens is 4. The smallest absolute Gasteiger partial charge is 0.406 e. The van der Waals surface area contributed by atoms with Crippen molar-refractivity contribution in [3.8, 4) is 17.6 Å². The van der Waals surface area contributed by atoms with E-state index in [1.807, 2.05) is 22.9 Å². The second-order valence-corrected chi connectivity index (χ2v) is 9.64. The summed E-state index contributed by atoms with van der Waals surface area (Å²) in [6.45, 7) is 1.07. The van der Waals surface area contributed by atoms with Crippen LogP contribution in [0, 0.1) is 11.8 Å². The largest absolute Gasteiger partial charge is 0.492 e. The molecule has 0 spiro atoms. The summed E-state index contributed by atoms with van der Waals surface area (Å²) >= 11 is 1.93. The van der Waals surface area contributed by atoms with Crippen LogP contribution in [0.5, 0.6) is 5.75 Å². The number of nitrogens with one attached hydrogen (secondary N) is 2. The highest BCUT2D eigenvalue weighted by Gasteiger charge is 2.29. The van der Waals surface area contributed by atoms with E-state index in [-0.39, 0.29) is 17.1 Å². The van der Waals surface area contributed by atoms with Crippen LogP contribution in [0.25, 0.3) is 10.9 Å². The van der Waals surface area contributed by atoms with Gasteiger partial charge in [0.1, 0.15) is 12.3 Å². The lowest BCUT2D eigenvalue weighted by molar-refractivity contribution is -0.140. The van der Waals surface area contributed by atoms with Gasteiger partial charge in [0, 0.05) is 17.7 Å². The van der Waals surface area contributed by atoms with Gasteiger partial charge < -0.3 is 18.2 Å². The molecule has 0 saturated carbocycles. The maximum absolute atomic E-state index is 13.2. The van der Waals surface area contributed by atoms with Crippen LogP contribution < -0.4 is 13.6 Å². The lowest BCUT2D eigenvalue weighted by Gasteiger charge is -2.12. The third-order valence-electron chi connectivity index (χ3n) is 4.65. The molecule has 0 aliphatic heterocycles. The zero-order chi connectivity index (χ0) is 24.2. The van der Waals surface area contributed by atoms with Gasteiger partial charge in [-0.15, -0.1) is 0 Å². The fourth-order valence-corrected chi connectivity index (χ4v) is 4.36. The van der Waals surface area contributed by atoms with Gasteiger partial charge in [0.15, 0.2) is 9.84 Å². The van der Waals surface area contributed by atoms with E-state index in [9.17, 15) is 21.6 Å².